The molecule has 0 fully saturated rings. The van der Waals surface area contributed by atoms with Crippen molar-refractivity contribution in [3.63, 3.8) is 0 Å². The molecule has 28 heavy (non-hydrogen) atoms. The average Bonchev–Trinajstić information content (AvgIpc) is 3.09. The number of hydrogen-bond donors (Lipinski definition) is 2. The number of benzene rings is 2. The second kappa shape index (κ2) is 8.26. The average molecular weight is 401 g/mol. The summed E-state index contributed by atoms with van der Waals surface area (Å²) in [6, 6.07) is 8.44. The molecule has 2 amide bonds. The number of thiazole rings is 1. The predicted octanol–water partition coefficient (Wildman–Crippen LogP) is 4.22. The normalized spacial score (nSPS) is 10.6. The number of aromatic nitrogens is 1. The van der Waals surface area contributed by atoms with E-state index in [0.29, 0.717) is 16.1 Å². The Morgan fingerprint density at radius 1 is 1.07 bits per heavy atom. The van der Waals surface area contributed by atoms with Crippen LogP contribution in [-0.2, 0) is 6.54 Å². The molecule has 1 heterocycles. The Balaban J connectivity index is 1.77. The fourth-order valence-electron chi connectivity index (χ4n) is 2.54. The number of anilines is 1. The number of nitrogens with one attached hydrogen (secondary N) is 2. The molecule has 5 nitrogen and oxygen atoms in total. The van der Waals surface area contributed by atoms with E-state index in [1.54, 1.807) is 26.0 Å². The SMILES string of the molecule is Cc1ncc(C(=O)Nc2cc(C(=O)NCc3ccccc3F)c(F)cc2C)s1. The van der Waals surface area contributed by atoms with Crippen LogP contribution in [0.3, 0.4) is 0 Å². The highest BCUT2D eigenvalue weighted by molar-refractivity contribution is 7.13. The Kier molecular flexibility index (Phi) is 5.79. The van der Waals surface area contributed by atoms with Crippen LogP contribution in [0, 0.1) is 25.5 Å². The molecule has 144 valence electrons. The number of carbonyl (C=O) groups is 2. The van der Waals surface area contributed by atoms with Gasteiger partial charge < -0.3 is 10.6 Å². The van der Waals surface area contributed by atoms with Gasteiger partial charge in [0.05, 0.1) is 16.8 Å². The number of carbonyl (C=O) groups excluding carboxylic acids is 2. The third-order valence-electron chi connectivity index (χ3n) is 4.05. The van der Waals surface area contributed by atoms with Crippen LogP contribution in [-0.4, -0.2) is 16.8 Å². The number of amides is 2. The molecular weight excluding hydrogens is 384 g/mol. The number of aryl methyl sites for hydroxylation is 2. The number of rotatable bonds is 5. The highest BCUT2D eigenvalue weighted by Crippen LogP contribution is 2.22. The first kappa shape index (κ1) is 19.6. The maximum atomic E-state index is 14.3. The summed E-state index contributed by atoms with van der Waals surface area (Å²) in [6.07, 6.45) is 1.45. The van der Waals surface area contributed by atoms with Crippen molar-refractivity contribution >= 4 is 28.8 Å². The fraction of sp³-hybridized carbons (Fsp3) is 0.150. The second-order valence-electron chi connectivity index (χ2n) is 6.12. The highest BCUT2D eigenvalue weighted by atomic mass is 32.1. The Hall–Kier alpha value is -3.13. The minimum absolute atomic E-state index is 0.0827. The van der Waals surface area contributed by atoms with Crippen LogP contribution in [0.15, 0.2) is 42.6 Å². The molecule has 1 aromatic heterocycles. The quantitative estimate of drug-likeness (QED) is 0.672. The lowest BCUT2D eigenvalue weighted by molar-refractivity contribution is 0.0945. The van der Waals surface area contributed by atoms with Crippen molar-refractivity contribution in [1.29, 1.82) is 0 Å². The molecule has 0 unspecified atom stereocenters. The van der Waals surface area contributed by atoms with Crippen LogP contribution < -0.4 is 10.6 Å². The topological polar surface area (TPSA) is 71.1 Å². The Morgan fingerprint density at radius 2 is 1.82 bits per heavy atom. The number of nitrogens with zero attached hydrogens (tertiary/aromatic N) is 1. The first-order valence-corrected chi connectivity index (χ1v) is 9.22. The predicted molar refractivity (Wildman–Crippen MR) is 104 cm³/mol. The first-order chi connectivity index (χ1) is 13.3. The van der Waals surface area contributed by atoms with Crippen molar-refractivity contribution in [1.82, 2.24) is 10.3 Å². The zero-order valence-electron chi connectivity index (χ0n) is 15.2. The van der Waals surface area contributed by atoms with E-state index in [0.717, 1.165) is 5.01 Å². The summed E-state index contributed by atoms with van der Waals surface area (Å²) in [4.78, 5) is 29.1. The molecule has 0 aliphatic rings. The fourth-order valence-corrected chi connectivity index (χ4v) is 3.22. The zero-order chi connectivity index (χ0) is 20.3. The summed E-state index contributed by atoms with van der Waals surface area (Å²) in [5.74, 6) is -2.28. The molecule has 0 aliphatic carbocycles. The van der Waals surface area contributed by atoms with Crippen LogP contribution in [0.4, 0.5) is 14.5 Å². The van der Waals surface area contributed by atoms with Gasteiger partial charge >= 0.3 is 0 Å². The van der Waals surface area contributed by atoms with Gasteiger partial charge in [0, 0.05) is 17.8 Å². The zero-order valence-corrected chi connectivity index (χ0v) is 16.0. The van der Waals surface area contributed by atoms with E-state index in [-0.39, 0.29) is 17.7 Å². The van der Waals surface area contributed by atoms with Crippen molar-refractivity contribution < 1.29 is 18.4 Å². The van der Waals surface area contributed by atoms with Crippen LogP contribution >= 0.6 is 11.3 Å². The Bertz CT molecular complexity index is 1050. The smallest absolute Gasteiger partial charge is 0.267 e. The molecule has 3 rings (SSSR count). The lowest BCUT2D eigenvalue weighted by Crippen LogP contribution is -2.25. The Morgan fingerprint density at radius 3 is 2.50 bits per heavy atom. The Labute approximate surface area is 164 Å². The molecule has 0 radical (unpaired) electrons. The molecular formula is C20H17F2N3O2S. The monoisotopic (exact) mass is 401 g/mol. The molecule has 3 aromatic rings. The van der Waals surface area contributed by atoms with Gasteiger partial charge in [0.2, 0.25) is 0 Å². The first-order valence-electron chi connectivity index (χ1n) is 8.40. The van der Waals surface area contributed by atoms with Gasteiger partial charge in [-0.2, -0.15) is 0 Å². The molecule has 0 atom stereocenters. The van der Waals surface area contributed by atoms with Crippen molar-refractivity contribution in [3.05, 3.63) is 80.8 Å². The van der Waals surface area contributed by atoms with Crippen molar-refractivity contribution in [2.45, 2.75) is 20.4 Å². The van der Waals surface area contributed by atoms with E-state index in [1.807, 2.05) is 0 Å². The van der Waals surface area contributed by atoms with Crippen molar-refractivity contribution in [3.8, 4) is 0 Å². The second-order valence-corrected chi connectivity index (χ2v) is 7.35. The van der Waals surface area contributed by atoms with Crippen molar-refractivity contribution in [2.24, 2.45) is 0 Å². The van der Waals surface area contributed by atoms with E-state index in [4.69, 9.17) is 0 Å². The number of halogens is 2. The maximum absolute atomic E-state index is 14.3. The van der Waals surface area contributed by atoms with Gasteiger partial charge in [-0.1, -0.05) is 18.2 Å². The van der Waals surface area contributed by atoms with Crippen LogP contribution in [0.1, 0.15) is 36.2 Å². The minimum atomic E-state index is -0.727. The molecule has 2 aromatic carbocycles. The van der Waals surface area contributed by atoms with Crippen LogP contribution in [0.5, 0.6) is 0 Å². The molecule has 0 bridgehead atoms. The van der Waals surface area contributed by atoms with E-state index in [2.05, 4.69) is 15.6 Å². The summed E-state index contributed by atoms with van der Waals surface area (Å²) in [5.41, 5.74) is 0.835. The van der Waals surface area contributed by atoms with Crippen molar-refractivity contribution in [2.75, 3.05) is 5.32 Å². The molecule has 2 N–H and O–H groups in total. The minimum Gasteiger partial charge on any atom is -0.348 e. The van der Waals surface area contributed by atoms with Gasteiger partial charge in [-0.3, -0.25) is 9.59 Å². The van der Waals surface area contributed by atoms with Gasteiger partial charge in [0.1, 0.15) is 16.5 Å². The van der Waals surface area contributed by atoms with E-state index in [9.17, 15) is 18.4 Å². The van der Waals surface area contributed by atoms with E-state index >= 15 is 0 Å². The summed E-state index contributed by atoms with van der Waals surface area (Å²) >= 11 is 1.23. The van der Waals surface area contributed by atoms with Gasteiger partial charge in [0.25, 0.3) is 11.8 Å². The molecule has 0 spiro atoms. The molecule has 8 heteroatoms. The molecule has 0 saturated heterocycles. The lowest BCUT2D eigenvalue weighted by atomic mass is 10.1. The number of hydrogen-bond acceptors (Lipinski definition) is 4. The third-order valence-corrected chi connectivity index (χ3v) is 4.96. The van der Waals surface area contributed by atoms with E-state index < -0.39 is 23.4 Å². The van der Waals surface area contributed by atoms with Gasteiger partial charge in [-0.05, 0) is 37.6 Å². The highest BCUT2D eigenvalue weighted by Gasteiger charge is 2.17. The summed E-state index contributed by atoms with van der Waals surface area (Å²) in [7, 11) is 0. The summed E-state index contributed by atoms with van der Waals surface area (Å²) < 4.78 is 28.0. The third kappa shape index (κ3) is 4.40. The summed E-state index contributed by atoms with van der Waals surface area (Å²) in [6.45, 7) is 3.32. The molecule has 0 saturated carbocycles. The summed E-state index contributed by atoms with van der Waals surface area (Å²) in [5, 5.41) is 5.91. The van der Waals surface area contributed by atoms with Gasteiger partial charge in [-0.25, -0.2) is 13.8 Å². The van der Waals surface area contributed by atoms with Gasteiger partial charge in [-0.15, -0.1) is 11.3 Å². The van der Waals surface area contributed by atoms with E-state index in [1.165, 1.54) is 41.8 Å². The standard InChI is InChI=1S/C20H17F2N3O2S/c1-11-7-16(22)14(19(26)24-9-13-5-3-4-6-15(13)21)8-17(11)25-20(27)18-10-23-12(2)28-18/h3-8,10H,9H2,1-2H3,(H,24,26)(H,25,27). The van der Waals surface area contributed by atoms with Crippen LogP contribution in [0.2, 0.25) is 0 Å². The molecule has 0 aliphatic heterocycles. The maximum Gasteiger partial charge on any atom is 0.267 e. The largest absolute Gasteiger partial charge is 0.348 e. The van der Waals surface area contributed by atoms with Crippen LogP contribution in [0.25, 0.3) is 0 Å². The lowest BCUT2D eigenvalue weighted by Gasteiger charge is -2.12. The van der Waals surface area contributed by atoms with Gasteiger partial charge in [0.15, 0.2) is 0 Å².